The van der Waals surface area contributed by atoms with Gasteiger partial charge in [-0.05, 0) is 24.0 Å². The molecule has 1 amide bonds. The molecule has 4 nitrogen and oxygen atoms in total. The second kappa shape index (κ2) is 6.55. The van der Waals surface area contributed by atoms with Crippen LogP contribution in [0.2, 0.25) is 0 Å². The number of aryl methyl sites for hydroxylation is 1. The molecular weight excluding hydrogens is 254 g/mol. The minimum Gasteiger partial charge on any atom is -0.481 e. The molecule has 2 rings (SSSR count). The van der Waals surface area contributed by atoms with Crippen molar-refractivity contribution in [2.75, 3.05) is 13.1 Å². The lowest BCUT2D eigenvalue weighted by Gasteiger charge is -2.36. The first kappa shape index (κ1) is 14.6. The third kappa shape index (κ3) is 3.59. The van der Waals surface area contributed by atoms with Gasteiger partial charge in [0.05, 0.1) is 12.3 Å². The summed E-state index contributed by atoms with van der Waals surface area (Å²) >= 11 is 0. The molecule has 0 radical (unpaired) electrons. The number of carbonyl (C=O) groups is 2. The first-order valence-corrected chi connectivity index (χ1v) is 7.18. The zero-order chi connectivity index (χ0) is 14.5. The Morgan fingerprint density at radius 2 is 1.80 bits per heavy atom. The predicted molar refractivity (Wildman–Crippen MR) is 76.5 cm³/mol. The van der Waals surface area contributed by atoms with Crippen LogP contribution in [0.15, 0.2) is 24.3 Å². The van der Waals surface area contributed by atoms with Crippen LogP contribution < -0.4 is 0 Å². The molecule has 1 aliphatic rings. The van der Waals surface area contributed by atoms with E-state index in [1.165, 1.54) is 18.4 Å². The highest BCUT2D eigenvalue weighted by Gasteiger charge is 2.35. The van der Waals surface area contributed by atoms with Crippen molar-refractivity contribution in [3.8, 4) is 0 Å². The molecule has 108 valence electrons. The SMILES string of the molecule is CCCCc1ccc(CC(=O)N2CC(C(=O)O)C2)cc1. The lowest BCUT2D eigenvalue weighted by molar-refractivity contribution is -0.152. The molecule has 1 aliphatic heterocycles. The molecule has 20 heavy (non-hydrogen) atoms. The Morgan fingerprint density at radius 1 is 1.20 bits per heavy atom. The summed E-state index contributed by atoms with van der Waals surface area (Å²) < 4.78 is 0. The number of nitrogens with zero attached hydrogens (tertiary/aromatic N) is 1. The average molecular weight is 275 g/mol. The van der Waals surface area contributed by atoms with Gasteiger partial charge in [0, 0.05) is 13.1 Å². The molecule has 1 aromatic carbocycles. The van der Waals surface area contributed by atoms with Crippen LogP contribution in [0, 0.1) is 5.92 Å². The lowest BCUT2D eigenvalue weighted by Crippen LogP contribution is -2.53. The molecule has 1 fully saturated rings. The Bertz CT molecular complexity index is 475. The van der Waals surface area contributed by atoms with Crippen LogP contribution in [-0.4, -0.2) is 35.0 Å². The fourth-order valence-electron chi connectivity index (χ4n) is 2.33. The molecule has 0 aromatic heterocycles. The second-order valence-corrected chi connectivity index (χ2v) is 5.43. The molecule has 4 heteroatoms. The van der Waals surface area contributed by atoms with Gasteiger partial charge in [0.15, 0.2) is 0 Å². The van der Waals surface area contributed by atoms with Crippen LogP contribution >= 0.6 is 0 Å². The molecule has 0 atom stereocenters. The number of aliphatic carboxylic acids is 1. The van der Waals surface area contributed by atoms with Gasteiger partial charge in [-0.3, -0.25) is 9.59 Å². The summed E-state index contributed by atoms with van der Waals surface area (Å²) in [6.07, 6.45) is 3.81. The van der Waals surface area contributed by atoms with Gasteiger partial charge in [-0.2, -0.15) is 0 Å². The fraction of sp³-hybridized carbons (Fsp3) is 0.500. The first-order chi connectivity index (χ1) is 9.60. The topological polar surface area (TPSA) is 57.6 Å². The molecule has 1 saturated heterocycles. The molecular formula is C16H21NO3. The minimum atomic E-state index is -0.811. The van der Waals surface area contributed by atoms with Crippen LogP contribution in [-0.2, 0) is 22.4 Å². The van der Waals surface area contributed by atoms with Crippen LogP contribution in [0.4, 0.5) is 0 Å². The third-order valence-electron chi connectivity index (χ3n) is 3.78. The van der Waals surface area contributed by atoms with Crippen molar-refractivity contribution in [2.45, 2.75) is 32.6 Å². The number of unbranched alkanes of at least 4 members (excludes halogenated alkanes) is 1. The van der Waals surface area contributed by atoms with Gasteiger partial charge in [0.25, 0.3) is 0 Å². The van der Waals surface area contributed by atoms with Crippen LogP contribution in [0.25, 0.3) is 0 Å². The highest BCUT2D eigenvalue weighted by atomic mass is 16.4. The van der Waals surface area contributed by atoms with Crippen molar-refractivity contribution in [1.29, 1.82) is 0 Å². The van der Waals surface area contributed by atoms with Crippen molar-refractivity contribution in [3.05, 3.63) is 35.4 Å². The van der Waals surface area contributed by atoms with Gasteiger partial charge < -0.3 is 10.0 Å². The van der Waals surface area contributed by atoms with Gasteiger partial charge in [-0.15, -0.1) is 0 Å². The summed E-state index contributed by atoms with van der Waals surface area (Å²) in [7, 11) is 0. The Kier molecular flexibility index (Phi) is 4.77. The van der Waals surface area contributed by atoms with Crippen LogP contribution in [0.1, 0.15) is 30.9 Å². The standard InChI is InChI=1S/C16H21NO3/c1-2-3-4-12-5-7-13(8-6-12)9-15(18)17-10-14(11-17)16(19)20/h5-8,14H,2-4,9-11H2,1H3,(H,19,20). The summed E-state index contributed by atoms with van der Waals surface area (Å²) in [6.45, 7) is 2.87. The van der Waals surface area contributed by atoms with E-state index in [2.05, 4.69) is 19.1 Å². The summed E-state index contributed by atoms with van der Waals surface area (Å²) in [5, 5.41) is 8.79. The summed E-state index contributed by atoms with van der Waals surface area (Å²) in [5.41, 5.74) is 2.30. The maximum Gasteiger partial charge on any atom is 0.310 e. The van der Waals surface area contributed by atoms with Gasteiger partial charge in [0.1, 0.15) is 0 Å². The van der Waals surface area contributed by atoms with E-state index in [1.807, 2.05) is 12.1 Å². The quantitative estimate of drug-likeness (QED) is 0.865. The Balaban J connectivity index is 1.81. The highest BCUT2D eigenvalue weighted by Crippen LogP contribution is 2.17. The number of amides is 1. The number of likely N-dealkylation sites (tertiary alicyclic amines) is 1. The van der Waals surface area contributed by atoms with Crippen molar-refractivity contribution in [3.63, 3.8) is 0 Å². The van der Waals surface area contributed by atoms with Gasteiger partial charge in [0.2, 0.25) is 5.91 Å². The maximum atomic E-state index is 12.0. The van der Waals surface area contributed by atoms with E-state index in [1.54, 1.807) is 4.90 Å². The highest BCUT2D eigenvalue weighted by molar-refractivity contribution is 5.82. The zero-order valence-electron chi connectivity index (χ0n) is 11.8. The number of hydrogen-bond donors (Lipinski definition) is 1. The summed E-state index contributed by atoms with van der Waals surface area (Å²) in [6, 6.07) is 8.15. The van der Waals surface area contributed by atoms with Crippen molar-refractivity contribution in [1.82, 2.24) is 4.90 Å². The largest absolute Gasteiger partial charge is 0.481 e. The molecule has 1 N–H and O–H groups in total. The van der Waals surface area contributed by atoms with E-state index in [0.29, 0.717) is 19.5 Å². The molecule has 0 spiro atoms. The molecule has 0 saturated carbocycles. The third-order valence-corrected chi connectivity index (χ3v) is 3.78. The molecule has 0 unspecified atom stereocenters. The Hall–Kier alpha value is -1.84. The smallest absolute Gasteiger partial charge is 0.310 e. The lowest BCUT2D eigenvalue weighted by atomic mass is 9.99. The van der Waals surface area contributed by atoms with E-state index in [4.69, 9.17) is 5.11 Å². The van der Waals surface area contributed by atoms with E-state index < -0.39 is 5.97 Å². The number of benzene rings is 1. The van der Waals surface area contributed by atoms with E-state index >= 15 is 0 Å². The number of hydrogen-bond acceptors (Lipinski definition) is 2. The van der Waals surface area contributed by atoms with Crippen LogP contribution in [0.3, 0.4) is 0 Å². The summed E-state index contributed by atoms with van der Waals surface area (Å²) in [4.78, 5) is 24.3. The molecule has 0 bridgehead atoms. The van der Waals surface area contributed by atoms with Crippen molar-refractivity contribution < 1.29 is 14.7 Å². The molecule has 0 aliphatic carbocycles. The van der Waals surface area contributed by atoms with E-state index in [-0.39, 0.29) is 11.8 Å². The minimum absolute atomic E-state index is 0.0174. The van der Waals surface area contributed by atoms with E-state index in [0.717, 1.165) is 12.0 Å². The van der Waals surface area contributed by atoms with Gasteiger partial charge in [-0.25, -0.2) is 0 Å². The van der Waals surface area contributed by atoms with E-state index in [9.17, 15) is 9.59 Å². The monoisotopic (exact) mass is 275 g/mol. The number of carboxylic acid groups (broad SMARTS) is 1. The normalized spacial score (nSPS) is 14.9. The predicted octanol–water partition coefficient (Wildman–Crippen LogP) is 2.11. The Morgan fingerprint density at radius 3 is 2.35 bits per heavy atom. The van der Waals surface area contributed by atoms with Gasteiger partial charge in [-0.1, -0.05) is 37.6 Å². The van der Waals surface area contributed by atoms with Crippen molar-refractivity contribution in [2.24, 2.45) is 5.92 Å². The number of carbonyl (C=O) groups excluding carboxylic acids is 1. The number of carboxylic acids is 1. The van der Waals surface area contributed by atoms with Gasteiger partial charge >= 0.3 is 5.97 Å². The summed E-state index contributed by atoms with van der Waals surface area (Å²) in [5.74, 6) is -1.17. The Labute approximate surface area is 119 Å². The second-order valence-electron chi connectivity index (χ2n) is 5.43. The van der Waals surface area contributed by atoms with Crippen LogP contribution in [0.5, 0.6) is 0 Å². The average Bonchev–Trinajstić information content (AvgIpc) is 2.35. The fourth-order valence-corrected chi connectivity index (χ4v) is 2.33. The number of rotatable bonds is 6. The van der Waals surface area contributed by atoms with Crippen molar-refractivity contribution >= 4 is 11.9 Å². The first-order valence-electron chi connectivity index (χ1n) is 7.18. The molecule has 1 aromatic rings. The zero-order valence-corrected chi connectivity index (χ0v) is 11.8. The molecule has 1 heterocycles. The maximum absolute atomic E-state index is 12.0.